The fourth-order valence-corrected chi connectivity index (χ4v) is 3.93. The van der Waals surface area contributed by atoms with E-state index >= 15 is 0 Å². The van der Waals surface area contributed by atoms with Gasteiger partial charge in [0.2, 0.25) is 10.0 Å². The van der Waals surface area contributed by atoms with Crippen molar-refractivity contribution in [1.82, 2.24) is 20.2 Å². The van der Waals surface area contributed by atoms with Crippen molar-refractivity contribution >= 4 is 15.9 Å². The SMILES string of the molecule is COc1cccc(OC)c1C(=O)NCCNS(=O)(=O)c1c(C)n[nH]c1C. The molecule has 9 nitrogen and oxygen atoms in total. The zero-order valence-corrected chi connectivity index (χ0v) is 15.9. The monoisotopic (exact) mass is 382 g/mol. The maximum Gasteiger partial charge on any atom is 0.258 e. The highest BCUT2D eigenvalue weighted by molar-refractivity contribution is 7.89. The Morgan fingerprint density at radius 2 is 1.77 bits per heavy atom. The number of aromatic amines is 1. The van der Waals surface area contributed by atoms with E-state index < -0.39 is 15.9 Å². The van der Waals surface area contributed by atoms with Crippen molar-refractivity contribution in [3.8, 4) is 11.5 Å². The zero-order valence-electron chi connectivity index (χ0n) is 15.0. The molecule has 142 valence electrons. The van der Waals surface area contributed by atoms with Crippen LogP contribution in [0.3, 0.4) is 0 Å². The summed E-state index contributed by atoms with van der Waals surface area (Å²) in [4.78, 5) is 12.5. The highest BCUT2D eigenvalue weighted by atomic mass is 32.2. The minimum absolute atomic E-state index is 0.0234. The molecule has 0 radical (unpaired) electrons. The molecule has 0 unspecified atom stereocenters. The van der Waals surface area contributed by atoms with Crippen molar-refractivity contribution in [3.63, 3.8) is 0 Å². The molecule has 2 rings (SSSR count). The first-order valence-electron chi connectivity index (χ1n) is 7.82. The molecular weight excluding hydrogens is 360 g/mol. The third-order valence-electron chi connectivity index (χ3n) is 3.69. The molecule has 0 atom stereocenters. The van der Waals surface area contributed by atoms with Gasteiger partial charge in [-0.2, -0.15) is 5.10 Å². The number of sulfonamides is 1. The van der Waals surface area contributed by atoms with Crippen molar-refractivity contribution in [2.45, 2.75) is 18.7 Å². The van der Waals surface area contributed by atoms with E-state index in [-0.39, 0.29) is 23.5 Å². The lowest BCUT2D eigenvalue weighted by molar-refractivity contribution is 0.0948. The second-order valence-electron chi connectivity index (χ2n) is 5.45. The quantitative estimate of drug-likeness (QED) is 0.579. The first-order chi connectivity index (χ1) is 12.3. The van der Waals surface area contributed by atoms with Crippen molar-refractivity contribution in [2.24, 2.45) is 0 Å². The van der Waals surface area contributed by atoms with Crippen LogP contribution in [0.15, 0.2) is 23.1 Å². The molecular formula is C16H22N4O5S. The lowest BCUT2D eigenvalue weighted by Crippen LogP contribution is -2.35. The lowest BCUT2D eigenvalue weighted by Gasteiger charge is -2.13. The standard InChI is InChI=1S/C16H22N4O5S/c1-10-15(11(2)20-19-10)26(22,23)18-9-8-17-16(21)14-12(24-3)6-5-7-13(14)25-4/h5-7,18H,8-9H2,1-4H3,(H,17,21)(H,19,20). The fraction of sp³-hybridized carbons (Fsp3) is 0.375. The number of hydrogen-bond donors (Lipinski definition) is 3. The van der Waals surface area contributed by atoms with Gasteiger partial charge in [0.05, 0.1) is 25.6 Å². The number of amides is 1. The predicted molar refractivity (Wildman–Crippen MR) is 95.1 cm³/mol. The summed E-state index contributed by atoms with van der Waals surface area (Å²) in [6.07, 6.45) is 0. The molecule has 10 heteroatoms. The maximum absolute atomic E-state index is 12.4. The number of benzene rings is 1. The number of nitrogens with zero attached hydrogens (tertiary/aromatic N) is 1. The summed E-state index contributed by atoms with van der Waals surface area (Å²) in [5.74, 6) is 0.313. The van der Waals surface area contributed by atoms with E-state index in [0.29, 0.717) is 22.9 Å². The molecule has 0 aliphatic carbocycles. The number of nitrogens with one attached hydrogen (secondary N) is 3. The van der Waals surface area contributed by atoms with Gasteiger partial charge in [-0.25, -0.2) is 13.1 Å². The lowest BCUT2D eigenvalue weighted by atomic mass is 10.1. The van der Waals surface area contributed by atoms with Crippen molar-refractivity contribution in [3.05, 3.63) is 35.2 Å². The summed E-state index contributed by atoms with van der Waals surface area (Å²) in [5, 5.41) is 9.15. The number of hydrogen-bond acceptors (Lipinski definition) is 6. The van der Waals surface area contributed by atoms with Crippen molar-refractivity contribution in [1.29, 1.82) is 0 Å². The summed E-state index contributed by atoms with van der Waals surface area (Å²) < 4.78 is 37.5. The zero-order chi connectivity index (χ0) is 19.3. The minimum Gasteiger partial charge on any atom is -0.496 e. The molecule has 1 aromatic heterocycles. The highest BCUT2D eigenvalue weighted by Gasteiger charge is 2.22. The molecule has 0 bridgehead atoms. The highest BCUT2D eigenvalue weighted by Crippen LogP contribution is 2.27. The summed E-state index contributed by atoms with van der Waals surface area (Å²) in [6.45, 7) is 3.35. The first kappa shape index (κ1) is 19.7. The van der Waals surface area contributed by atoms with Gasteiger partial charge in [0.1, 0.15) is 22.0 Å². The maximum atomic E-state index is 12.4. The Bertz CT molecular complexity index is 850. The van der Waals surface area contributed by atoms with Crippen LogP contribution in [-0.2, 0) is 10.0 Å². The number of H-pyrrole nitrogens is 1. The molecule has 0 saturated heterocycles. The van der Waals surface area contributed by atoms with Crippen molar-refractivity contribution < 1.29 is 22.7 Å². The molecule has 0 aliphatic rings. The van der Waals surface area contributed by atoms with E-state index in [9.17, 15) is 13.2 Å². The summed E-state index contributed by atoms with van der Waals surface area (Å²) >= 11 is 0. The molecule has 1 amide bonds. The average molecular weight is 382 g/mol. The van der Waals surface area contributed by atoms with E-state index in [2.05, 4.69) is 20.2 Å². The van der Waals surface area contributed by atoms with Crippen LogP contribution in [0.2, 0.25) is 0 Å². The van der Waals surface area contributed by atoms with Gasteiger partial charge in [-0.15, -0.1) is 0 Å². The number of ether oxygens (including phenoxy) is 2. The van der Waals surface area contributed by atoms with Crippen LogP contribution in [0, 0.1) is 13.8 Å². The average Bonchev–Trinajstić information content (AvgIpc) is 2.96. The summed E-state index contributed by atoms with van der Waals surface area (Å²) in [7, 11) is -0.804. The van der Waals surface area contributed by atoms with Gasteiger partial charge in [-0.1, -0.05) is 6.07 Å². The number of methoxy groups -OCH3 is 2. The number of aromatic nitrogens is 2. The second kappa shape index (κ2) is 8.19. The molecule has 1 heterocycles. The second-order valence-corrected chi connectivity index (χ2v) is 7.16. The first-order valence-corrected chi connectivity index (χ1v) is 9.30. The van der Waals surface area contributed by atoms with Gasteiger partial charge >= 0.3 is 0 Å². The molecule has 26 heavy (non-hydrogen) atoms. The number of carbonyl (C=O) groups is 1. The molecule has 3 N–H and O–H groups in total. The Balaban J connectivity index is 2.00. The Labute approximate surface area is 152 Å². The predicted octanol–water partition coefficient (Wildman–Crippen LogP) is 0.752. The van der Waals surface area contributed by atoms with Crippen molar-refractivity contribution in [2.75, 3.05) is 27.3 Å². The van der Waals surface area contributed by atoms with Crippen LogP contribution in [0.4, 0.5) is 0 Å². The van der Waals surface area contributed by atoms with Crippen LogP contribution in [0.5, 0.6) is 11.5 Å². The van der Waals surface area contributed by atoms with Gasteiger partial charge < -0.3 is 14.8 Å². The molecule has 0 saturated carbocycles. The van der Waals surface area contributed by atoms with Gasteiger partial charge in [-0.05, 0) is 26.0 Å². The van der Waals surface area contributed by atoms with E-state index in [4.69, 9.17) is 9.47 Å². The third-order valence-corrected chi connectivity index (χ3v) is 5.41. The normalized spacial score (nSPS) is 11.2. The van der Waals surface area contributed by atoms with E-state index in [1.807, 2.05) is 0 Å². The smallest absolute Gasteiger partial charge is 0.258 e. The molecule has 0 aliphatic heterocycles. The van der Waals surface area contributed by atoms with Crippen LogP contribution >= 0.6 is 0 Å². The fourth-order valence-electron chi connectivity index (χ4n) is 2.53. The third kappa shape index (κ3) is 4.14. The van der Waals surface area contributed by atoms with Crippen LogP contribution in [0.25, 0.3) is 0 Å². The Morgan fingerprint density at radius 1 is 1.15 bits per heavy atom. The van der Waals surface area contributed by atoms with Gasteiger partial charge in [0, 0.05) is 13.1 Å². The Hall–Kier alpha value is -2.59. The topological polar surface area (TPSA) is 122 Å². The van der Waals surface area contributed by atoms with E-state index in [1.54, 1.807) is 32.0 Å². The molecule has 1 aromatic carbocycles. The number of rotatable bonds is 8. The Kier molecular flexibility index (Phi) is 6.22. The molecule has 0 fully saturated rings. The number of aryl methyl sites for hydroxylation is 2. The number of carbonyl (C=O) groups excluding carboxylic acids is 1. The van der Waals surface area contributed by atoms with E-state index in [1.165, 1.54) is 14.2 Å². The van der Waals surface area contributed by atoms with Crippen LogP contribution in [0.1, 0.15) is 21.7 Å². The summed E-state index contributed by atoms with van der Waals surface area (Å²) in [5.41, 5.74) is 1.09. The Morgan fingerprint density at radius 3 is 2.27 bits per heavy atom. The van der Waals surface area contributed by atoms with Crippen LogP contribution in [-0.4, -0.2) is 51.8 Å². The van der Waals surface area contributed by atoms with Gasteiger partial charge in [0.15, 0.2) is 0 Å². The minimum atomic E-state index is -3.71. The molecule has 0 spiro atoms. The van der Waals surface area contributed by atoms with Gasteiger partial charge in [-0.3, -0.25) is 9.89 Å². The van der Waals surface area contributed by atoms with E-state index in [0.717, 1.165) is 0 Å². The largest absolute Gasteiger partial charge is 0.496 e. The van der Waals surface area contributed by atoms with Crippen LogP contribution < -0.4 is 19.5 Å². The molecule has 2 aromatic rings. The summed E-state index contributed by atoms with van der Waals surface area (Å²) in [6, 6.07) is 4.99. The van der Waals surface area contributed by atoms with Gasteiger partial charge in [0.25, 0.3) is 5.91 Å².